The second kappa shape index (κ2) is 5.79. The molecule has 2 atom stereocenters. The molecule has 19 heavy (non-hydrogen) atoms. The summed E-state index contributed by atoms with van der Waals surface area (Å²) in [7, 11) is 0. The van der Waals surface area contributed by atoms with E-state index in [0.717, 1.165) is 5.75 Å². The van der Waals surface area contributed by atoms with Crippen LogP contribution in [0.25, 0.3) is 0 Å². The third kappa shape index (κ3) is 3.29. The first-order valence-corrected chi connectivity index (χ1v) is 6.55. The molecule has 0 N–H and O–H groups in total. The largest absolute Gasteiger partial charge is 0.491 e. The first-order valence-electron chi connectivity index (χ1n) is 6.55. The van der Waals surface area contributed by atoms with Crippen molar-refractivity contribution in [1.29, 1.82) is 0 Å². The van der Waals surface area contributed by atoms with Gasteiger partial charge in [-0.3, -0.25) is 4.79 Å². The maximum absolute atomic E-state index is 11.8. The van der Waals surface area contributed by atoms with Gasteiger partial charge in [0, 0.05) is 18.9 Å². The molecule has 1 aromatic carbocycles. The monoisotopic (exact) mass is 257 g/mol. The maximum Gasteiger partial charge on any atom is 0.224 e. The molecule has 1 saturated heterocycles. The van der Waals surface area contributed by atoms with E-state index in [9.17, 15) is 4.79 Å². The molecule has 1 aliphatic rings. The van der Waals surface area contributed by atoms with Crippen LogP contribution in [0.2, 0.25) is 0 Å². The van der Waals surface area contributed by atoms with Gasteiger partial charge in [-0.25, -0.2) is 0 Å². The summed E-state index contributed by atoms with van der Waals surface area (Å²) in [4.78, 5) is 13.6. The van der Waals surface area contributed by atoms with E-state index in [0.29, 0.717) is 19.6 Å². The molecule has 100 valence electrons. The average molecular weight is 257 g/mol. The summed E-state index contributed by atoms with van der Waals surface area (Å²) in [5.74, 6) is 3.67. The number of carbonyl (C=O) groups is 1. The molecule has 1 amide bonds. The van der Waals surface area contributed by atoms with E-state index in [1.54, 1.807) is 0 Å². The lowest BCUT2D eigenvalue weighted by atomic mass is 10.1. The van der Waals surface area contributed by atoms with Crippen LogP contribution >= 0.6 is 0 Å². The minimum Gasteiger partial charge on any atom is -0.491 e. The minimum absolute atomic E-state index is 0.0483. The van der Waals surface area contributed by atoms with Gasteiger partial charge in [0.2, 0.25) is 5.91 Å². The zero-order chi connectivity index (χ0) is 13.8. The number of terminal acetylenes is 1. The molecular formula is C16H19NO2. The van der Waals surface area contributed by atoms with E-state index < -0.39 is 0 Å². The van der Waals surface area contributed by atoms with Crippen molar-refractivity contribution >= 4 is 5.91 Å². The number of hydrogen-bond acceptors (Lipinski definition) is 2. The average Bonchev–Trinajstić information content (AvgIpc) is 2.79. The highest BCUT2D eigenvalue weighted by Crippen LogP contribution is 2.20. The summed E-state index contributed by atoms with van der Waals surface area (Å²) in [5, 5.41) is 0. The lowest BCUT2D eigenvalue weighted by Crippen LogP contribution is -2.38. The fourth-order valence-corrected chi connectivity index (χ4v) is 2.21. The first kappa shape index (κ1) is 13.5. The van der Waals surface area contributed by atoms with E-state index in [-0.39, 0.29) is 17.9 Å². The Hall–Kier alpha value is -1.95. The van der Waals surface area contributed by atoms with Crippen molar-refractivity contribution in [1.82, 2.24) is 4.90 Å². The van der Waals surface area contributed by atoms with Gasteiger partial charge in [0.25, 0.3) is 0 Å². The van der Waals surface area contributed by atoms with Gasteiger partial charge in [0.15, 0.2) is 0 Å². The Labute approximate surface area is 114 Å². The Kier molecular flexibility index (Phi) is 4.11. The van der Waals surface area contributed by atoms with Crippen LogP contribution in [0.4, 0.5) is 0 Å². The maximum atomic E-state index is 11.8. The molecule has 1 heterocycles. The van der Waals surface area contributed by atoms with Crippen LogP contribution in [0.1, 0.15) is 18.9 Å². The van der Waals surface area contributed by atoms with E-state index in [2.05, 4.69) is 5.92 Å². The summed E-state index contributed by atoms with van der Waals surface area (Å²) < 4.78 is 5.71. The number of nitrogens with zero attached hydrogens (tertiary/aromatic N) is 1. The highest BCUT2D eigenvalue weighted by atomic mass is 16.5. The molecule has 1 aliphatic heterocycles. The Balaban J connectivity index is 1.88. The van der Waals surface area contributed by atoms with Crippen LogP contribution < -0.4 is 4.74 Å². The Morgan fingerprint density at radius 1 is 1.47 bits per heavy atom. The predicted molar refractivity (Wildman–Crippen MR) is 74.8 cm³/mol. The number of benzene rings is 1. The molecule has 1 fully saturated rings. The minimum atomic E-state index is 0.0483. The van der Waals surface area contributed by atoms with E-state index in [1.165, 1.54) is 5.56 Å². The summed E-state index contributed by atoms with van der Waals surface area (Å²) in [5.41, 5.74) is 1.20. The molecule has 3 heteroatoms. The first-order chi connectivity index (χ1) is 9.10. The summed E-state index contributed by atoms with van der Waals surface area (Å²) in [6.45, 7) is 5.17. The third-order valence-electron chi connectivity index (χ3n) is 3.44. The van der Waals surface area contributed by atoms with Gasteiger partial charge in [0.05, 0.1) is 6.04 Å². The van der Waals surface area contributed by atoms with Crippen molar-refractivity contribution in [3.05, 3.63) is 29.8 Å². The Bertz CT molecular complexity index is 486. The summed E-state index contributed by atoms with van der Waals surface area (Å²) in [6.07, 6.45) is 5.84. The van der Waals surface area contributed by atoms with Crippen LogP contribution in [0.3, 0.4) is 0 Å². The van der Waals surface area contributed by atoms with Crippen molar-refractivity contribution in [2.75, 3.05) is 13.2 Å². The van der Waals surface area contributed by atoms with Gasteiger partial charge in [-0.15, -0.1) is 12.3 Å². The molecule has 0 saturated carbocycles. The Morgan fingerprint density at radius 2 is 2.16 bits per heavy atom. The molecule has 0 bridgehead atoms. The van der Waals surface area contributed by atoms with Crippen LogP contribution in [0.5, 0.6) is 5.75 Å². The SMILES string of the molecule is C#CC1CC(=O)N(C(C)COc2ccc(C)cc2)C1. The standard InChI is InChI=1S/C16H19NO2/c1-4-14-9-16(18)17(10-14)13(3)11-19-15-7-5-12(2)6-8-15/h1,5-8,13-14H,9-11H2,2-3H3. The van der Waals surface area contributed by atoms with Crippen LogP contribution in [0, 0.1) is 25.2 Å². The smallest absolute Gasteiger partial charge is 0.224 e. The molecule has 0 aliphatic carbocycles. The van der Waals surface area contributed by atoms with Crippen LogP contribution in [-0.2, 0) is 4.79 Å². The number of hydrogen-bond donors (Lipinski definition) is 0. The molecule has 2 rings (SSSR count). The zero-order valence-corrected chi connectivity index (χ0v) is 11.4. The van der Waals surface area contributed by atoms with Crippen molar-refractivity contribution in [2.45, 2.75) is 26.3 Å². The number of amides is 1. The number of rotatable bonds is 4. The van der Waals surface area contributed by atoms with Gasteiger partial charge in [0.1, 0.15) is 12.4 Å². The lowest BCUT2D eigenvalue weighted by Gasteiger charge is -2.24. The van der Waals surface area contributed by atoms with Crippen molar-refractivity contribution in [3.63, 3.8) is 0 Å². The second-order valence-corrected chi connectivity index (χ2v) is 5.09. The molecular weight excluding hydrogens is 238 g/mol. The van der Waals surface area contributed by atoms with E-state index in [4.69, 9.17) is 11.2 Å². The number of ether oxygens (including phenoxy) is 1. The highest BCUT2D eigenvalue weighted by Gasteiger charge is 2.31. The van der Waals surface area contributed by atoms with Gasteiger partial charge in [-0.2, -0.15) is 0 Å². The fourth-order valence-electron chi connectivity index (χ4n) is 2.21. The molecule has 0 radical (unpaired) electrons. The summed E-state index contributed by atoms with van der Waals surface area (Å²) >= 11 is 0. The zero-order valence-electron chi connectivity index (χ0n) is 11.4. The quantitative estimate of drug-likeness (QED) is 0.774. The number of likely N-dealkylation sites (tertiary alicyclic amines) is 1. The molecule has 0 aromatic heterocycles. The van der Waals surface area contributed by atoms with Crippen LogP contribution in [0.15, 0.2) is 24.3 Å². The van der Waals surface area contributed by atoms with Gasteiger partial charge < -0.3 is 9.64 Å². The molecule has 0 spiro atoms. The normalized spacial score (nSPS) is 20.2. The van der Waals surface area contributed by atoms with Gasteiger partial charge >= 0.3 is 0 Å². The number of aryl methyl sites for hydroxylation is 1. The predicted octanol–water partition coefficient (Wildman–Crippen LogP) is 2.24. The Morgan fingerprint density at radius 3 is 2.74 bits per heavy atom. The number of carbonyl (C=O) groups excluding carboxylic acids is 1. The molecule has 3 nitrogen and oxygen atoms in total. The molecule has 2 unspecified atom stereocenters. The summed E-state index contributed by atoms with van der Waals surface area (Å²) in [6, 6.07) is 7.95. The second-order valence-electron chi connectivity index (χ2n) is 5.09. The topological polar surface area (TPSA) is 29.5 Å². The van der Waals surface area contributed by atoms with Crippen LogP contribution in [-0.4, -0.2) is 30.0 Å². The van der Waals surface area contributed by atoms with Crippen molar-refractivity contribution in [3.8, 4) is 18.1 Å². The van der Waals surface area contributed by atoms with Crippen molar-refractivity contribution < 1.29 is 9.53 Å². The van der Waals surface area contributed by atoms with Gasteiger partial charge in [-0.1, -0.05) is 17.7 Å². The van der Waals surface area contributed by atoms with Gasteiger partial charge in [-0.05, 0) is 26.0 Å². The van der Waals surface area contributed by atoms with E-state index in [1.807, 2.05) is 43.0 Å². The third-order valence-corrected chi connectivity index (χ3v) is 3.44. The van der Waals surface area contributed by atoms with E-state index >= 15 is 0 Å². The van der Waals surface area contributed by atoms with Crippen molar-refractivity contribution in [2.24, 2.45) is 5.92 Å². The fraction of sp³-hybridized carbons (Fsp3) is 0.438. The highest BCUT2D eigenvalue weighted by molar-refractivity contribution is 5.79. The lowest BCUT2D eigenvalue weighted by molar-refractivity contribution is -0.129. The molecule has 1 aromatic rings.